The van der Waals surface area contributed by atoms with E-state index in [9.17, 15) is 0 Å². The number of halogens is 1. The minimum Gasteiger partial charge on any atom is -0.369 e. The van der Waals surface area contributed by atoms with Crippen molar-refractivity contribution in [1.82, 2.24) is 15.0 Å². The molecule has 1 atom stereocenters. The maximum absolute atomic E-state index is 6.09. The highest BCUT2D eigenvalue weighted by Gasteiger charge is 2.26. The van der Waals surface area contributed by atoms with E-state index in [0.717, 1.165) is 37.0 Å². The fourth-order valence-corrected chi connectivity index (χ4v) is 3.03. The third kappa shape index (κ3) is 3.67. The monoisotopic (exact) mass is 334 g/mol. The molecule has 0 bridgehead atoms. The highest BCUT2D eigenvalue weighted by atomic mass is 35.5. The maximum Gasteiger partial charge on any atom is 0.243 e. The SMILES string of the molecule is CC(C)c1noc(C(C)N2CCN(c3cccc(Cl)c3)CC2)n1. The molecule has 1 aromatic carbocycles. The molecule has 0 amide bonds. The summed E-state index contributed by atoms with van der Waals surface area (Å²) in [4.78, 5) is 9.27. The van der Waals surface area contributed by atoms with Gasteiger partial charge >= 0.3 is 0 Å². The number of piperazine rings is 1. The van der Waals surface area contributed by atoms with Crippen molar-refractivity contribution in [3.8, 4) is 0 Å². The molecule has 0 N–H and O–H groups in total. The molecule has 0 spiro atoms. The first kappa shape index (κ1) is 16.3. The van der Waals surface area contributed by atoms with Crippen LogP contribution in [0.15, 0.2) is 28.8 Å². The van der Waals surface area contributed by atoms with Crippen molar-refractivity contribution in [2.75, 3.05) is 31.1 Å². The molecule has 1 aliphatic rings. The van der Waals surface area contributed by atoms with E-state index >= 15 is 0 Å². The summed E-state index contributed by atoms with van der Waals surface area (Å²) < 4.78 is 5.43. The van der Waals surface area contributed by atoms with Crippen molar-refractivity contribution in [2.24, 2.45) is 0 Å². The van der Waals surface area contributed by atoms with Crippen LogP contribution in [-0.2, 0) is 0 Å². The Morgan fingerprint density at radius 3 is 2.48 bits per heavy atom. The van der Waals surface area contributed by atoms with Gasteiger partial charge in [-0.1, -0.05) is 36.7 Å². The van der Waals surface area contributed by atoms with Crippen LogP contribution in [0.5, 0.6) is 0 Å². The Kier molecular flexibility index (Phi) is 4.87. The average molecular weight is 335 g/mol. The van der Waals surface area contributed by atoms with E-state index in [1.54, 1.807) is 0 Å². The van der Waals surface area contributed by atoms with Gasteiger partial charge in [-0.25, -0.2) is 0 Å². The zero-order valence-corrected chi connectivity index (χ0v) is 14.6. The number of anilines is 1. The molecule has 1 aliphatic heterocycles. The molecule has 1 saturated heterocycles. The van der Waals surface area contributed by atoms with Crippen LogP contribution in [0, 0.1) is 0 Å². The second kappa shape index (κ2) is 6.89. The second-order valence-corrected chi connectivity index (χ2v) is 6.76. The van der Waals surface area contributed by atoms with Crippen LogP contribution in [0.3, 0.4) is 0 Å². The van der Waals surface area contributed by atoms with Gasteiger partial charge in [-0.05, 0) is 25.1 Å². The average Bonchev–Trinajstić information content (AvgIpc) is 3.04. The topological polar surface area (TPSA) is 45.4 Å². The van der Waals surface area contributed by atoms with Crippen molar-refractivity contribution in [1.29, 1.82) is 0 Å². The number of hydrogen-bond donors (Lipinski definition) is 0. The predicted octanol–water partition coefficient (Wildman–Crippen LogP) is 3.73. The van der Waals surface area contributed by atoms with E-state index in [0.29, 0.717) is 11.8 Å². The lowest BCUT2D eigenvalue weighted by Crippen LogP contribution is -2.47. The van der Waals surface area contributed by atoms with Crippen LogP contribution in [-0.4, -0.2) is 41.2 Å². The smallest absolute Gasteiger partial charge is 0.243 e. The molecule has 0 radical (unpaired) electrons. The molecule has 1 unspecified atom stereocenters. The predicted molar refractivity (Wildman–Crippen MR) is 92.0 cm³/mol. The number of nitrogens with zero attached hydrogens (tertiary/aromatic N) is 4. The first-order chi connectivity index (χ1) is 11.0. The lowest BCUT2D eigenvalue weighted by molar-refractivity contribution is 0.164. The lowest BCUT2D eigenvalue weighted by atomic mass is 10.2. The Bertz CT molecular complexity index is 650. The summed E-state index contributed by atoms with van der Waals surface area (Å²) in [6.45, 7) is 10.1. The summed E-state index contributed by atoms with van der Waals surface area (Å²) in [5.41, 5.74) is 1.18. The molecule has 124 valence electrons. The quantitative estimate of drug-likeness (QED) is 0.852. The fraction of sp³-hybridized carbons (Fsp3) is 0.529. The van der Waals surface area contributed by atoms with Crippen molar-refractivity contribution < 1.29 is 4.52 Å². The van der Waals surface area contributed by atoms with Crippen LogP contribution in [0.2, 0.25) is 5.02 Å². The van der Waals surface area contributed by atoms with Crippen molar-refractivity contribution in [3.63, 3.8) is 0 Å². The summed E-state index contributed by atoms with van der Waals surface area (Å²) >= 11 is 6.09. The van der Waals surface area contributed by atoms with Gasteiger partial charge in [0.25, 0.3) is 0 Å². The molecule has 1 fully saturated rings. The molecule has 3 rings (SSSR count). The molecule has 6 heteroatoms. The van der Waals surface area contributed by atoms with Crippen LogP contribution < -0.4 is 4.90 Å². The Morgan fingerprint density at radius 1 is 1.13 bits per heavy atom. The fourth-order valence-electron chi connectivity index (χ4n) is 2.85. The van der Waals surface area contributed by atoms with Gasteiger partial charge in [0.15, 0.2) is 5.82 Å². The van der Waals surface area contributed by atoms with E-state index in [1.165, 1.54) is 5.69 Å². The van der Waals surface area contributed by atoms with Crippen LogP contribution >= 0.6 is 11.6 Å². The van der Waals surface area contributed by atoms with E-state index in [4.69, 9.17) is 16.1 Å². The largest absolute Gasteiger partial charge is 0.369 e. The van der Waals surface area contributed by atoms with Gasteiger partial charge in [0, 0.05) is 42.8 Å². The minimum atomic E-state index is 0.150. The molecular formula is C17H23ClN4O. The number of aromatic nitrogens is 2. The summed E-state index contributed by atoms with van der Waals surface area (Å²) in [6.07, 6.45) is 0. The number of rotatable bonds is 4. The van der Waals surface area contributed by atoms with E-state index in [2.05, 4.69) is 46.8 Å². The maximum atomic E-state index is 6.09. The van der Waals surface area contributed by atoms with Gasteiger partial charge in [-0.15, -0.1) is 0 Å². The highest BCUT2D eigenvalue weighted by molar-refractivity contribution is 6.30. The van der Waals surface area contributed by atoms with E-state index in [1.807, 2.05) is 18.2 Å². The molecule has 2 heterocycles. The zero-order valence-electron chi connectivity index (χ0n) is 13.9. The van der Waals surface area contributed by atoms with Gasteiger partial charge in [-0.3, -0.25) is 4.90 Å². The zero-order chi connectivity index (χ0) is 16.4. The Hall–Kier alpha value is -1.59. The molecule has 0 aliphatic carbocycles. The van der Waals surface area contributed by atoms with Crippen molar-refractivity contribution in [3.05, 3.63) is 41.0 Å². The van der Waals surface area contributed by atoms with Crippen molar-refractivity contribution in [2.45, 2.75) is 32.7 Å². The van der Waals surface area contributed by atoms with E-state index < -0.39 is 0 Å². The third-order valence-electron chi connectivity index (χ3n) is 4.37. The first-order valence-corrected chi connectivity index (χ1v) is 8.50. The van der Waals surface area contributed by atoms with Gasteiger partial charge in [0.05, 0.1) is 6.04 Å². The summed E-state index contributed by atoms with van der Waals surface area (Å²) in [7, 11) is 0. The highest BCUT2D eigenvalue weighted by Crippen LogP contribution is 2.25. The van der Waals surface area contributed by atoms with Gasteiger partial charge < -0.3 is 9.42 Å². The number of hydrogen-bond acceptors (Lipinski definition) is 5. The molecule has 0 saturated carbocycles. The second-order valence-electron chi connectivity index (χ2n) is 6.32. The standard InChI is InChI=1S/C17H23ClN4O/c1-12(2)16-19-17(23-20-16)13(3)21-7-9-22(10-8-21)15-6-4-5-14(18)11-15/h4-6,11-13H,7-10H2,1-3H3. The summed E-state index contributed by atoms with van der Waals surface area (Å²) in [6, 6.07) is 8.19. The Balaban J connectivity index is 1.61. The first-order valence-electron chi connectivity index (χ1n) is 8.12. The van der Waals surface area contributed by atoms with Crippen LogP contribution in [0.1, 0.15) is 44.4 Å². The van der Waals surface area contributed by atoms with Gasteiger partial charge in [0.2, 0.25) is 5.89 Å². The summed E-state index contributed by atoms with van der Waals surface area (Å²) in [5, 5.41) is 4.85. The summed E-state index contributed by atoms with van der Waals surface area (Å²) in [5.74, 6) is 1.79. The number of benzene rings is 1. The molecule has 2 aromatic rings. The van der Waals surface area contributed by atoms with Crippen LogP contribution in [0.4, 0.5) is 5.69 Å². The molecule has 23 heavy (non-hydrogen) atoms. The van der Waals surface area contributed by atoms with Gasteiger partial charge in [0.1, 0.15) is 0 Å². The molecule has 5 nitrogen and oxygen atoms in total. The minimum absolute atomic E-state index is 0.150. The third-order valence-corrected chi connectivity index (χ3v) is 4.60. The van der Waals surface area contributed by atoms with Gasteiger partial charge in [-0.2, -0.15) is 4.98 Å². The molecular weight excluding hydrogens is 312 g/mol. The lowest BCUT2D eigenvalue weighted by Gasteiger charge is -2.38. The Labute approximate surface area is 142 Å². The van der Waals surface area contributed by atoms with E-state index in [-0.39, 0.29) is 6.04 Å². The van der Waals surface area contributed by atoms with Crippen molar-refractivity contribution >= 4 is 17.3 Å². The Morgan fingerprint density at radius 2 is 1.87 bits per heavy atom. The molecule has 1 aromatic heterocycles. The van der Waals surface area contributed by atoms with Crippen LogP contribution in [0.25, 0.3) is 0 Å². The normalized spacial score (nSPS) is 17.7.